The molecular weight excluding hydrogens is 364 g/mol. The minimum absolute atomic E-state index is 0.743. The summed E-state index contributed by atoms with van der Waals surface area (Å²) in [5.41, 5.74) is 1.57. The van der Waals surface area contributed by atoms with Crippen molar-refractivity contribution >= 4 is 27.4 Å². The van der Waals surface area contributed by atoms with Crippen LogP contribution in [0.15, 0.2) is 0 Å². The predicted molar refractivity (Wildman–Crippen MR) is 118 cm³/mol. The maximum absolute atomic E-state index is 5.24. The summed E-state index contributed by atoms with van der Waals surface area (Å²) in [6.07, 6.45) is 7.71. The zero-order valence-electron chi connectivity index (χ0n) is 17.7. The molecule has 2 aliphatic heterocycles. The van der Waals surface area contributed by atoms with Gasteiger partial charge < -0.3 is 4.90 Å². The van der Waals surface area contributed by atoms with Crippen LogP contribution >= 0.6 is 11.3 Å². The molecule has 0 spiro atoms. The monoisotopic (exact) mass is 398 g/mol. The summed E-state index contributed by atoms with van der Waals surface area (Å²) in [7, 11) is 0. The highest BCUT2D eigenvalue weighted by Gasteiger charge is 2.29. The molecule has 0 amide bonds. The third kappa shape index (κ3) is 3.56. The zero-order valence-corrected chi connectivity index (χ0v) is 18.5. The van der Waals surface area contributed by atoms with Gasteiger partial charge in [-0.05, 0) is 74.9 Å². The van der Waals surface area contributed by atoms with E-state index < -0.39 is 0 Å². The standard InChI is InChI=1S/C23H34N4S/c1-15-7-9-26(10-8-15)14-20-24-22(27-12-16(2)11-17(3)13-27)21-18-5-4-6-19(18)28-23(21)25-20/h15-17H,4-14H2,1-3H3. The smallest absolute Gasteiger partial charge is 0.146 e. The van der Waals surface area contributed by atoms with Gasteiger partial charge >= 0.3 is 0 Å². The first-order chi connectivity index (χ1) is 13.6. The minimum atomic E-state index is 0.743. The first-order valence-corrected chi connectivity index (χ1v) is 12.2. The average molecular weight is 399 g/mol. The summed E-state index contributed by atoms with van der Waals surface area (Å²) in [6, 6.07) is 0. The van der Waals surface area contributed by atoms with E-state index in [1.165, 1.54) is 67.6 Å². The van der Waals surface area contributed by atoms with Crippen molar-refractivity contribution in [2.45, 2.75) is 65.8 Å². The van der Waals surface area contributed by atoms with Crippen LogP contribution in [0.25, 0.3) is 10.2 Å². The molecule has 2 saturated heterocycles. The highest BCUT2D eigenvalue weighted by atomic mass is 32.1. The Bertz CT molecular complexity index is 842. The van der Waals surface area contributed by atoms with Crippen molar-refractivity contribution < 1.29 is 0 Å². The van der Waals surface area contributed by atoms with Crippen molar-refractivity contribution in [3.63, 3.8) is 0 Å². The molecule has 2 fully saturated rings. The maximum Gasteiger partial charge on any atom is 0.146 e. The summed E-state index contributed by atoms with van der Waals surface area (Å²) in [5, 5.41) is 1.40. The maximum atomic E-state index is 5.24. The van der Waals surface area contributed by atoms with Crippen LogP contribution in [-0.2, 0) is 19.4 Å². The Labute approximate surface area is 173 Å². The van der Waals surface area contributed by atoms with Gasteiger partial charge in [0.15, 0.2) is 0 Å². The Morgan fingerprint density at radius 1 is 0.964 bits per heavy atom. The van der Waals surface area contributed by atoms with E-state index in [2.05, 4.69) is 30.6 Å². The van der Waals surface area contributed by atoms with Gasteiger partial charge in [0.05, 0.1) is 11.9 Å². The number of piperidine rings is 2. The number of anilines is 1. The molecule has 2 aromatic heterocycles. The summed E-state index contributed by atoms with van der Waals surface area (Å²) in [5.74, 6) is 4.65. The van der Waals surface area contributed by atoms with Gasteiger partial charge in [0.1, 0.15) is 16.5 Å². The molecular formula is C23H34N4S. The van der Waals surface area contributed by atoms with Gasteiger partial charge in [0.2, 0.25) is 0 Å². The van der Waals surface area contributed by atoms with Gasteiger partial charge in [0.25, 0.3) is 0 Å². The molecule has 0 N–H and O–H groups in total. The lowest BCUT2D eigenvalue weighted by Crippen LogP contribution is -2.39. The highest BCUT2D eigenvalue weighted by Crippen LogP contribution is 2.41. The molecule has 152 valence electrons. The normalized spacial score (nSPS) is 26.9. The third-order valence-electron chi connectivity index (χ3n) is 7.00. The number of aryl methyl sites for hydroxylation is 2. The molecule has 0 saturated carbocycles. The number of hydrogen-bond donors (Lipinski definition) is 0. The molecule has 2 aromatic rings. The Hall–Kier alpha value is -1.20. The van der Waals surface area contributed by atoms with Crippen LogP contribution in [-0.4, -0.2) is 41.0 Å². The fourth-order valence-electron chi connectivity index (χ4n) is 5.58. The first kappa shape index (κ1) is 18.8. The van der Waals surface area contributed by atoms with Crippen LogP contribution in [0.2, 0.25) is 0 Å². The first-order valence-electron chi connectivity index (χ1n) is 11.3. The number of fused-ring (bicyclic) bond motifs is 3. The van der Waals surface area contributed by atoms with E-state index in [9.17, 15) is 0 Å². The van der Waals surface area contributed by atoms with Crippen LogP contribution in [0.3, 0.4) is 0 Å². The van der Waals surface area contributed by atoms with Crippen molar-refractivity contribution in [2.24, 2.45) is 17.8 Å². The molecule has 5 rings (SSSR count). The van der Waals surface area contributed by atoms with Crippen molar-refractivity contribution in [3.05, 3.63) is 16.3 Å². The molecule has 0 radical (unpaired) electrons. The second kappa shape index (κ2) is 7.56. The molecule has 2 atom stereocenters. The Balaban J connectivity index is 1.52. The number of hydrogen-bond acceptors (Lipinski definition) is 5. The van der Waals surface area contributed by atoms with Crippen LogP contribution in [0.4, 0.5) is 5.82 Å². The van der Waals surface area contributed by atoms with E-state index in [-0.39, 0.29) is 0 Å². The Morgan fingerprint density at radius 2 is 1.71 bits per heavy atom. The van der Waals surface area contributed by atoms with E-state index in [0.717, 1.165) is 43.2 Å². The van der Waals surface area contributed by atoms with Crippen molar-refractivity contribution in [1.29, 1.82) is 0 Å². The topological polar surface area (TPSA) is 32.3 Å². The number of thiophene rings is 1. The van der Waals surface area contributed by atoms with Crippen molar-refractivity contribution in [3.8, 4) is 0 Å². The second-order valence-electron chi connectivity index (χ2n) is 9.81. The van der Waals surface area contributed by atoms with Gasteiger partial charge in [0, 0.05) is 18.0 Å². The van der Waals surface area contributed by atoms with E-state index >= 15 is 0 Å². The summed E-state index contributed by atoms with van der Waals surface area (Å²) in [6.45, 7) is 12.8. The molecule has 0 bridgehead atoms. The van der Waals surface area contributed by atoms with Gasteiger partial charge in [-0.2, -0.15) is 0 Å². The largest absolute Gasteiger partial charge is 0.355 e. The lowest BCUT2D eigenvalue weighted by atomic mass is 9.91. The molecule has 0 aromatic carbocycles. The molecule has 1 aliphatic carbocycles. The third-order valence-corrected chi connectivity index (χ3v) is 8.19. The highest BCUT2D eigenvalue weighted by molar-refractivity contribution is 7.19. The van der Waals surface area contributed by atoms with Crippen molar-refractivity contribution in [2.75, 3.05) is 31.1 Å². The molecule has 4 nitrogen and oxygen atoms in total. The Morgan fingerprint density at radius 3 is 2.46 bits per heavy atom. The number of likely N-dealkylation sites (tertiary alicyclic amines) is 1. The summed E-state index contributed by atoms with van der Waals surface area (Å²) in [4.78, 5) is 18.3. The van der Waals surface area contributed by atoms with Crippen LogP contribution in [0.1, 0.15) is 62.7 Å². The van der Waals surface area contributed by atoms with Gasteiger partial charge in [-0.1, -0.05) is 20.8 Å². The summed E-state index contributed by atoms with van der Waals surface area (Å²) >= 11 is 1.95. The number of aromatic nitrogens is 2. The molecule has 5 heteroatoms. The van der Waals surface area contributed by atoms with E-state index in [4.69, 9.17) is 9.97 Å². The van der Waals surface area contributed by atoms with Gasteiger partial charge in [-0.15, -0.1) is 11.3 Å². The molecule has 2 unspecified atom stereocenters. The lowest BCUT2D eigenvalue weighted by Gasteiger charge is -2.36. The molecule has 28 heavy (non-hydrogen) atoms. The minimum Gasteiger partial charge on any atom is -0.355 e. The van der Waals surface area contributed by atoms with Crippen LogP contribution < -0.4 is 4.90 Å². The van der Waals surface area contributed by atoms with Crippen LogP contribution in [0, 0.1) is 17.8 Å². The predicted octanol–water partition coefficient (Wildman–Crippen LogP) is 4.89. The van der Waals surface area contributed by atoms with Crippen molar-refractivity contribution in [1.82, 2.24) is 14.9 Å². The van der Waals surface area contributed by atoms with E-state index in [0.29, 0.717) is 0 Å². The SMILES string of the molecule is CC1CCN(Cc2nc(N3CC(C)CC(C)C3)c3c4c(sc3n2)CCC4)CC1. The molecule has 3 aliphatic rings. The fraction of sp³-hybridized carbons (Fsp3) is 0.739. The fourth-order valence-corrected chi connectivity index (χ4v) is 6.85. The number of rotatable bonds is 3. The van der Waals surface area contributed by atoms with Crippen LogP contribution in [0.5, 0.6) is 0 Å². The van der Waals surface area contributed by atoms with Gasteiger partial charge in [-0.3, -0.25) is 4.90 Å². The second-order valence-corrected chi connectivity index (χ2v) is 10.9. The molecule has 4 heterocycles. The van der Waals surface area contributed by atoms with E-state index in [1.54, 1.807) is 10.4 Å². The van der Waals surface area contributed by atoms with Gasteiger partial charge in [-0.25, -0.2) is 9.97 Å². The van der Waals surface area contributed by atoms with E-state index in [1.807, 2.05) is 11.3 Å². The zero-order chi connectivity index (χ0) is 19.3. The number of nitrogens with zero attached hydrogens (tertiary/aromatic N) is 4. The quantitative estimate of drug-likeness (QED) is 0.736. The average Bonchev–Trinajstić information content (AvgIpc) is 3.23. The summed E-state index contributed by atoms with van der Waals surface area (Å²) < 4.78 is 0. The Kier molecular flexibility index (Phi) is 5.08. The lowest BCUT2D eigenvalue weighted by molar-refractivity contribution is 0.181.